The van der Waals surface area contributed by atoms with Crippen molar-refractivity contribution in [2.45, 2.75) is 25.9 Å². The number of nitrogens with zero attached hydrogens (tertiary/aromatic N) is 1. The van der Waals surface area contributed by atoms with Gasteiger partial charge in [-0.3, -0.25) is 0 Å². The first-order valence-corrected chi connectivity index (χ1v) is 5.56. The predicted molar refractivity (Wildman–Crippen MR) is 56.3 cm³/mol. The molecule has 0 aliphatic carbocycles. The lowest BCUT2D eigenvalue weighted by atomic mass is 10.3. The van der Waals surface area contributed by atoms with Gasteiger partial charge in [-0.1, -0.05) is 6.92 Å². The summed E-state index contributed by atoms with van der Waals surface area (Å²) in [6.07, 6.45) is 0.952. The summed E-state index contributed by atoms with van der Waals surface area (Å²) in [6, 6.07) is -0.248. The summed E-state index contributed by atoms with van der Waals surface area (Å²) in [5.41, 5.74) is 0.971. The molecular formula is C9H16N2O2S. The molecule has 80 valence electrons. The maximum atomic E-state index is 8.82. The Morgan fingerprint density at radius 3 is 2.71 bits per heavy atom. The van der Waals surface area contributed by atoms with Gasteiger partial charge in [-0.05, 0) is 6.42 Å². The molecule has 0 aromatic carbocycles. The zero-order chi connectivity index (χ0) is 10.4. The zero-order valence-electron chi connectivity index (χ0n) is 8.23. The van der Waals surface area contributed by atoms with E-state index in [2.05, 4.69) is 17.2 Å². The van der Waals surface area contributed by atoms with Gasteiger partial charge in [-0.25, -0.2) is 4.98 Å². The second-order valence-electron chi connectivity index (χ2n) is 3.03. The smallest absolute Gasteiger partial charge is 0.0926 e. The lowest BCUT2D eigenvalue weighted by Crippen LogP contribution is -2.35. The maximum absolute atomic E-state index is 8.82. The van der Waals surface area contributed by atoms with Crippen molar-refractivity contribution in [3.05, 3.63) is 16.1 Å². The van der Waals surface area contributed by atoms with Crippen LogP contribution in [0.5, 0.6) is 0 Å². The Labute approximate surface area is 87.6 Å². The van der Waals surface area contributed by atoms with E-state index in [-0.39, 0.29) is 19.3 Å². The molecule has 0 saturated carbocycles. The molecule has 0 unspecified atom stereocenters. The second kappa shape index (κ2) is 6.08. The van der Waals surface area contributed by atoms with Gasteiger partial charge >= 0.3 is 0 Å². The summed E-state index contributed by atoms with van der Waals surface area (Å²) in [6.45, 7) is 2.56. The predicted octanol–water partition coefficient (Wildman–Crippen LogP) is 0.148. The number of aromatic nitrogens is 1. The average molecular weight is 216 g/mol. The molecule has 0 amide bonds. The van der Waals surface area contributed by atoms with Crippen LogP contribution >= 0.6 is 11.3 Å². The molecule has 3 N–H and O–H groups in total. The molecule has 0 atom stereocenters. The van der Waals surface area contributed by atoms with Gasteiger partial charge in [0, 0.05) is 11.9 Å². The van der Waals surface area contributed by atoms with Gasteiger partial charge in [0.1, 0.15) is 0 Å². The Morgan fingerprint density at radius 1 is 1.50 bits per heavy atom. The van der Waals surface area contributed by atoms with Crippen molar-refractivity contribution in [3.63, 3.8) is 0 Å². The van der Waals surface area contributed by atoms with E-state index in [4.69, 9.17) is 10.2 Å². The normalized spacial score (nSPS) is 11.1. The quantitative estimate of drug-likeness (QED) is 0.633. The minimum Gasteiger partial charge on any atom is -0.395 e. The van der Waals surface area contributed by atoms with Crippen molar-refractivity contribution in [1.29, 1.82) is 0 Å². The summed E-state index contributed by atoms with van der Waals surface area (Å²) in [5, 5.41) is 23.8. The van der Waals surface area contributed by atoms with E-state index < -0.39 is 0 Å². The van der Waals surface area contributed by atoms with Crippen molar-refractivity contribution in [2.75, 3.05) is 13.2 Å². The fourth-order valence-electron chi connectivity index (χ4n) is 1.03. The van der Waals surface area contributed by atoms with Crippen LogP contribution in [0.15, 0.2) is 5.38 Å². The highest BCUT2D eigenvalue weighted by Gasteiger charge is 2.06. The van der Waals surface area contributed by atoms with Crippen molar-refractivity contribution >= 4 is 11.3 Å². The van der Waals surface area contributed by atoms with E-state index in [1.54, 1.807) is 11.3 Å². The molecule has 14 heavy (non-hydrogen) atoms. The fraction of sp³-hybridized carbons (Fsp3) is 0.667. The molecule has 1 aromatic rings. The van der Waals surface area contributed by atoms with Crippen molar-refractivity contribution in [3.8, 4) is 0 Å². The molecule has 1 rings (SSSR count). The molecule has 0 aliphatic rings. The van der Waals surface area contributed by atoms with Crippen LogP contribution < -0.4 is 5.32 Å². The summed E-state index contributed by atoms with van der Waals surface area (Å²) in [7, 11) is 0. The number of hydrogen-bond donors (Lipinski definition) is 3. The Hall–Kier alpha value is -0.490. The number of aliphatic hydroxyl groups is 2. The Kier molecular flexibility index (Phi) is 5.03. The summed E-state index contributed by atoms with van der Waals surface area (Å²) < 4.78 is 0. The zero-order valence-corrected chi connectivity index (χ0v) is 9.05. The molecule has 1 aromatic heterocycles. The third-order valence-corrected chi connectivity index (χ3v) is 2.96. The van der Waals surface area contributed by atoms with Gasteiger partial charge in [0.25, 0.3) is 0 Å². The minimum atomic E-state index is -0.248. The summed E-state index contributed by atoms with van der Waals surface area (Å²) in [4.78, 5) is 4.36. The first kappa shape index (κ1) is 11.6. The highest BCUT2D eigenvalue weighted by atomic mass is 32.1. The third kappa shape index (κ3) is 3.34. The Bertz CT molecular complexity index is 261. The summed E-state index contributed by atoms with van der Waals surface area (Å²) >= 11 is 1.64. The number of hydrogen-bond acceptors (Lipinski definition) is 5. The van der Waals surface area contributed by atoms with E-state index in [0.717, 1.165) is 17.1 Å². The summed E-state index contributed by atoms with van der Waals surface area (Å²) in [5.74, 6) is 0. The van der Waals surface area contributed by atoms with Gasteiger partial charge in [0.15, 0.2) is 0 Å². The SMILES string of the molecule is CCc1nc(CNC(CO)CO)cs1. The highest BCUT2D eigenvalue weighted by Crippen LogP contribution is 2.09. The molecule has 5 heteroatoms. The number of aliphatic hydroxyl groups excluding tert-OH is 2. The largest absolute Gasteiger partial charge is 0.395 e. The first-order chi connectivity index (χ1) is 6.80. The second-order valence-corrected chi connectivity index (χ2v) is 3.97. The molecule has 0 spiro atoms. The molecule has 1 heterocycles. The van der Waals surface area contributed by atoms with Crippen LogP contribution in [0, 0.1) is 0 Å². The third-order valence-electron chi connectivity index (χ3n) is 1.91. The van der Waals surface area contributed by atoms with Gasteiger partial charge in [-0.2, -0.15) is 0 Å². The molecule has 4 nitrogen and oxygen atoms in total. The Morgan fingerprint density at radius 2 is 2.21 bits per heavy atom. The molecule has 0 aliphatic heterocycles. The minimum absolute atomic E-state index is 0.0543. The van der Waals surface area contributed by atoms with E-state index in [1.807, 2.05) is 5.38 Å². The fourth-order valence-corrected chi connectivity index (χ4v) is 1.77. The van der Waals surface area contributed by atoms with Crippen LogP contribution in [0.3, 0.4) is 0 Å². The van der Waals surface area contributed by atoms with Crippen molar-refractivity contribution < 1.29 is 10.2 Å². The topological polar surface area (TPSA) is 65.4 Å². The molecule has 0 fully saturated rings. The Balaban J connectivity index is 2.37. The van der Waals surface area contributed by atoms with Gasteiger partial charge in [0.2, 0.25) is 0 Å². The van der Waals surface area contributed by atoms with Crippen LogP contribution in [-0.4, -0.2) is 34.5 Å². The molecule has 0 saturated heterocycles. The van der Waals surface area contributed by atoms with Gasteiger partial charge in [0.05, 0.1) is 30.0 Å². The van der Waals surface area contributed by atoms with Crippen LogP contribution in [0.4, 0.5) is 0 Å². The number of rotatable bonds is 6. The van der Waals surface area contributed by atoms with Gasteiger partial charge in [-0.15, -0.1) is 11.3 Å². The van der Waals surface area contributed by atoms with Gasteiger partial charge < -0.3 is 15.5 Å². The maximum Gasteiger partial charge on any atom is 0.0926 e. The van der Waals surface area contributed by atoms with Crippen LogP contribution in [0.1, 0.15) is 17.6 Å². The lowest BCUT2D eigenvalue weighted by Gasteiger charge is -2.11. The van der Waals surface area contributed by atoms with E-state index in [1.165, 1.54) is 0 Å². The van der Waals surface area contributed by atoms with E-state index >= 15 is 0 Å². The van der Waals surface area contributed by atoms with Crippen molar-refractivity contribution in [1.82, 2.24) is 10.3 Å². The monoisotopic (exact) mass is 216 g/mol. The van der Waals surface area contributed by atoms with Crippen LogP contribution in [0.25, 0.3) is 0 Å². The molecular weight excluding hydrogens is 200 g/mol. The number of aryl methyl sites for hydroxylation is 1. The average Bonchev–Trinajstić information content (AvgIpc) is 2.67. The van der Waals surface area contributed by atoms with Crippen molar-refractivity contribution in [2.24, 2.45) is 0 Å². The van der Waals surface area contributed by atoms with E-state index in [0.29, 0.717) is 6.54 Å². The van der Waals surface area contributed by atoms with Crippen LogP contribution in [0.2, 0.25) is 0 Å². The highest BCUT2D eigenvalue weighted by molar-refractivity contribution is 7.09. The number of nitrogens with one attached hydrogen (secondary N) is 1. The molecule has 0 radical (unpaired) electrons. The number of thiazole rings is 1. The lowest BCUT2D eigenvalue weighted by molar-refractivity contribution is 0.170. The molecule has 0 bridgehead atoms. The van der Waals surface area contributed by atoms with Crippen LogP contribution in [-0.2, 0) is 13.0 Å². The standard InChI is InChI=1S/C9H16N2O2S/c1-2-9-11-7(6-14-9)3-10-8(4-12)5-13/h6,8,10,12-13H,2-5H2,1H3. The first-order valence-electron chi connectivity index (χ1n) is 4.68. The van der Waals surface area contributed by atoms with E-state index in [9.17, 15) is 0 Å².